The Labute approximate surface area is 131 Å². The SMILES string of the molecule is C=CCN(CC=C)C(=O)CN1CCCCC1c1nc(C)no1. The Morgan fingerprint density at radius 2 is 2.14 bits per heavy atom. The molecule has 6 heteroatoms. The van der Waals surface area contributed by atoms with Gasteiger partial charge in [-0.25, -0.2) is 0 Å². The summed E-state index contributed by atoms with van der Waals surface area (Å²) in [6.07, 6.45) is 6.60. The second-order valence-corrected chi connectivity index (χ2v) is 5.54. The van der Waals surface area contributed by atoms with E-state index in [4.69, 9.17) is 4.52 Å². The number of carbonyl (C=O) groups excluding carboxylic acids is 1. The Hall–Kier alpha value is -1.95. The van der Waals surface area contributed by atoms with E-state index in [1.807, 2.05) is 0 Å². The first-order valence-corrected chi connectivity index (χ1v) is 7.69. The number of aromatic nitrogens is 2. The van der Waals surface area contributed by atoms with Crippen LogP contribution in [0.1, 0.15) is 37.0 Å². The normalized spacial score (nSPS) is 18.9. The van der Waals surface area contributed by atoms with Crippen molar-refractivity contribution < 1.29 is 9.32 Å². The molecule has 1 amide bonds. The highest BCUT2D eigenvalue weighted by Crippen LogP contribution is 2.29. The van der Waals surface area contributed by atoms with Crippen LogP contribution in [-0.4, -0.2) is 52.0 Å². The quantitative estimate of drug-likeness (QED) is 0.722. The summed E-state index contributed by atoms with van der Waals surface area (Å²) in [6, 6.07) is 0.0354. The third kappa shape index (κ3) is 4.04. The summed E-state index contributed by atoms with van der Waals surface area (Å²) in [5.74, 6) is 1.32. The molecule has 0 aliphatic carbocycles. The van der Waals surface area contributed by atoms with E-state index in [2.05, 4.69) is 28.2 Å². The highest BCUT2D eigenvalue weighted by molar-refractivity contribution is 5.78. The zero-order valence-electron chi connectivity index (χ0n) is 13.2. The maximum Gasteiger partial charge on any atom is 0.243 e. The lowest BCUT2D eigenvalue weighted by Crippen LogP contribution is -2.43. The summed E-state index contributed by atoms with van der Waals surface area (Å²) in [7, 11) is 0. The van der Waals surface area contributed by atoms with Crippen LogP contribution in [-0.2, 0) is 4.79 Å². The van der Waals surface area contributed by atoms with E-state index >= 15 is 0 Å². The standard InChI is InChI=1S/C16H24N4O2/c1-4-9-19(10-5-2)15(21)12-20-11-7-6-8-14(20)16-17-13(3)18-22-16/h4-5,14H,1-2,6-12H2,3H3. The molecule has 0 saturated carbocycles. The number of amides is 1. The van der Waals surface area contributed by atoms with Crippen molar-refractivity contribution in [2.75, 3.05) is 26.2 Å². The second-order valence-electron chi connectivity index (χ2n) is 5.54. The smallest absolute Gasteiger partial charge is 0.243 e. The number of carbonyl (C=O) groups is 1. The van der Waals surface area contributed by atoms with Gasteiger partial charge in [-0.1, -0.05) is 23.7 Å². The third-order valence-electron chi connectivity index (χ3n) is 3.83. The van der Waals surface area contributed by atoms with Crippen molar-refractivity contribution >= 4 is 5.91 Å². The average molecular weight is 304 g/mol. The van der Waals surface area contributed by atoms with Crippen molar-refractivity contribution in [1.29, 1.82) is 0 Å². The van der Waals surface area contributed by atoms with Crippen LogP contribution >= 0.6 is 0 Å². The molecule has 0 radical (unpaired) electrons. The fourth-order valence-corrected chi connectivity index (χ4v) is 2.77. The van der Waals surface area contributed by atoms with Gasteiger partial charge in [0.15, 0.2) is 5.82 Å². The number of aryl methyl sites for hydroxylation is 1. The minimum absolute atomic E-state index is 0.0354. The van der Waals surface area contributed by atoms with Gasteiger partial charge < -0.3 is 9.42 Å². The van der Waals surface area contributed by atoms with Gasteiger partial charge in [-0.15, -0.1) is 13.2 Å². The molecule has 1 fully saturated rings. The Morgan fingerprint density at radius 1 is 1.41 bits per heavy atom. The van der Waals surface area contributed by atoms with Gasteiger partial charge >= 0.3 is 0 Å². The lowest BCUT2D eigenvalue weighted by Gasteiger charge is -2.34. The molecule has 0 spiro atoms. The fraction of sp³-hybridized carbons (Fsp3) is 0.562. The Kier molecular flexibility index (Phi) is 5.89. The maximum atomic E-state index is 12.5. The molecular weight excluding hydrogens is 280 g/mol. The van der Waals surface area contributed by atoms with Crippen molar-refractivity contribution in [2.24, 2.45) is 0 Å². The highest BCUT2D eigenvalue weighted by atomic mass is 16.5. The summed E-state index contributed by atoms with van der Waals surface area (Å²) in [5.41, 5.74) is 0. The summed E-state index contributed by atoms with van der Waals surface area (Å²) in [5, 5.41) is 3.86. The molecule has 1 aromatic rings. The topological polar surface area (TPSA) is 62.5 Å². The van der Waals surface area contributed by atoms with E-state index in [1.165, 1.54) is 0 Å². The van der Waals surface area contributed by atoms with Crippen molar-refractivity contribution in [3.63, 3.8) is 0 Å². The van der Waals surface area contributed by atoms with Crippen LogP contribution in [0.15, 0.2) is 29.8 Å². The maximum absolute atomic E-state index is 12.5. The molecule has 1 aromatic heterocycles. The van der Waals surface area contributed by atoms with Crippen LogP contribution < -0.4 is 0 Å². The molecule has 120 valence electrons. The molecule has 1 atom stereocenters. The van der Waals surface area contributed by atoms with E-state index < -0.39 is 0 Å². The number of piperidine rings is 1. The Morgan fingerprint density at radius 3 is 2.73 bits per heavy atom. The number of hydrogen-bond donors (Lipinski definition) is 0. The van der Waals surface area contributed by atoms with Crippen LogP contribution in [0.3, 0.4) is 0 Å². The second kappa shape index (κ2) is 7.89. The number of rotatable bonds is 7. The molecule has 22 heavy (non-hydrogen) atoms. The molecule has 6 nitrogen and oxygen atoms in total. The lowest BCUT2D eigenvalue weighted by molar-refractivity contribution is -0.132. The van der Waals surface area contributed by atoms with Crippen molar-refractivity contribution in [3.8, 4) is 0 Å². The van der Waals surface area contributed by atoms with Crippen LogP contribution in [0.4, 0.5) is 0 Å². The molecular formula is C16H24N4O2. The Balaban J connectivity index is 2.05. The summed E-state index contributed by atoms with van der Waals surface area (Å²) >= 11 is 0. The van der Waals surface area contributed by atoms with Gasteiger partial charge in [0.2, 0.25) is 11.8 Å². The zero-order chi connectivity index (χ0) is 15.9. The van der Waals surface area contributed by atoms with Gasteiger partial charge in [0.25, 0.3) is 0 Å². The fourth-order valence-electron chi connectivity index (χ4n) is 2.77. The van der Waals surface area contributed by atoms with E-state index in [0.717, 1.165) is 25.8 Å². The van der Waals surface area contributed by atoms with Crippen LogP contribution in [0.2, 0.25) is 0 Å². The first kappa shape index (κ1) is 16.4. The number of hydrogen-bond acceptors (Lipinski definition) is 5. The summed E-state index contributed by atoms with van der Waals surface area (Å²) in [4.78, 5) is 20.7. The minimum Gasteiger partial charge on any atom is -0.338 e. The lowest BCUT2D eigenvalue weighted by atomic mass is 10.0. The molecule has 1 unspecified atom stereocenters. The van der Waals surface area contributed by atoms with E-state index in [-0.39, 0.29) is 11.9 Å². The van der Waals surface area contributed by atoms with Gasteiger partial charge in [0.1, 0.15) is 0 Å². The van der Waals surface area contributed by atoms with Gasteiger partial charge in [0.05, 0.1) is 12.6 Å². The Bertz CT molecular complexity index is 516. The highest BCUT2D eigenvalue weighted by Gasteiger charge is 2.30. The van der Waals surface area contributed by atoms with Crippen molar-refractivity contribution in [2.45, 2.75) is 32.2 Å². The van der Waals surface area contributed by atoms with Crippen LogP contribution in [0.5, 0.6) is 0 Å². The van der Waals surface area contributed by atoms with Crippen LogP contribution in [0, 0.1) is 6.92 Å². The molecule has 2 heterocycles. The van der Waals surface area contributed by atoms with Crippen molar-refractivity contribution in [1.82, 2.24) is 19.9 Å². The molecule has 1 aliphatic rings. The summed E-state index contributed by atoms with van der Waals surface area (Å²) in [6.45, 7) is 11.5. The van der Waals surface area contributed by atoms with Crippen molar-refractivity contribution in [3.05, 3.63) is 37.0 Å². The molecule has 2 rings (SSSR count). The molecule has 1 aliphatic heterocycles. The first-order valence-electron chi connectivity index (χ1n) is 7.69. The van der Waals surface area contributed by atoms with Gasteiger partial charge in [-0.2, -0.15) is 4.98 Å². The number of likely N-dealkylation sites (tertiary alicyclic amines) is 1. The van der Waals surface area contributed by atoms with E-state index in [0.29, 0.717) is 31.3 Å². The molecule has 0 N–H and O–H groups in total. The monoisotopic (exact) mass is 304 g/mol. The van der Waals surface area contributed by atoms with E-state index in [9.17, 15) is 4.79 Å². The predicted octanol–water partition coefficient (Wildman–Crippen LogP) is 2.11. The predicted molar refractivity (Wildman–Crippen MR) is 84.2 cm³/mol. The first-order chi connectivity index (χ1) is 10.7. The zero-order valence-corrected chi connectivity index (χ0v) is 13.2. The van der Waals surface area contributed by atoms with Crippen LogP contribution in [0.25, 0.3) is 0 Å². The van der Waals surface area contributed by atoms with Gasteiger partial charge in [-0.3, -0.25) is 9.69 Å². The summed E-state index contributed by atoms with van der Waals surface area (Å²) < 4.78 is 5.31. The number of nitrogens with zero attached hydrogens (tertiary/aromatic N) is 4. The van der Waals surface area contributed by atoms with Gasteiger partial charge in [-0.05, 0) is 26.3 Å². The minimum atomic E-state index is 0.0354. The van der Waals surface area contributed by atoms with E-state index in [1.54, 1.807) is 24.0 Å². The third-order valence-corrected chi connectivity index (χ3v) is 3.83. The molecule has 0 aromatic carbocycles. The molecule has 1 saturated heterocycles. The molecule has 0 bridgehead atoms. The largest absolute Gasteiger partial charge is 0.338 e. The van der Waals surface area contributed by atoms with Gasteiger partial charge in [0, 0.05) is 13.1 Å². The average Bonchev–Trinajstić information content (AvgIpc) is 2.94.